The summed E-state index contributed by atoms with van der Waals surface area (Å²) < 4.78 is 11.9. The Morgan fingerprint density at radius 2 is 2.00 bits per heavy atom. The van der Waals surface area contributed by atoms with E-state index in [2.05, 4.69) is 15.9 Å². The minimum Gasteiger partial charge on any atom is -0.492 e. The van der Waals surface area contributed by atoms with Gasteiger partial charge in [-0.05, 0) is 37.6 Å². The van der Waals surface area contributed by atoms with Crippen molar-refractivity contribution in [2.45, 2.75) is 20.3 Å². The third-order valence-corrected chi connectivity index (χ3v) is 3.74. The van der Waals surface area contributed by atoms with Crippen molar-refractivity contribution in [3.05, 3.63) is 50.9 Å². The minimum atomic E-state index is -0.0474. The van der Waals surface area contributed by atoms with Crippen LogP contribution in [0.5, 0.6) is 5.75 Å². The fourth-order valence-electron chi connectivity index (χ4n) is 2.44. The van der Waals surface area contributed by atoms with Gasteiger partial charge in [-0.25, -0.2) is 0 Å². The van der Waals surface area contributed by atoms with Crippen LogP contribution in [0.25, 0.3) is 0 Å². The number of ketones is 1. The summed E-state index contributed by atoms with van der Waals surface area (Å²) >= 11 is 3.45. The predicted octanol–water partition coefficient (Wildman–Crippen LogP) is 3.82. The van der Waals surface area contributed by atoms with E-state index in [-0.39, 0.29) is 5.78 Å². The number of carbonyl (C=O) groups is 1. The smallest absolute Gasteiger partial charge is 0.200 e. The molecule has 0 N–H and O–H groups in total. The second kappa shape index (κ2) is 4.53. The lowest BCUT2D eigenvalue weighted by atomic mass is 10.00. The number of rotatable bonds is 2. The molecule has 98 valence electrons. The van der Waals surface area contributed by atoms with Gasteiger partial charge in [0.1, 0.15) is 17.3 Å². The number of hydrogen-bond donors (Lipinski definition) is 0. The molecule has 1 aromatic carbocycles. The summed E-state index contributed by atoms with van der Waals surface area (Å²) in [6.45, 7) is 4.28. The predicted molar refractivity (Wildman–Crippen MR) is 75.0 cm³/mol. The van der Waals surface area contributed by atoms with Crippen LogP contribution < -0.4 is 4.74 Å². The molecular weight excluding hydrogens is 308 g/mol. The molecule has 1 aliphatic heterocycles. The van der Waals surface area contributed by atoms with Gasteiger partial charge < -0.3 is 9.15 Å². The van der Waals surface area contributed by atoms with Gasteiger partial charge in [0, 0.05) is 10.9 Å². The van der Waals surface area contributed by atoms with E-state index in [1.54, 1.807) is 13.0 Å². The average molecular weight is 321 g/mol. The molecule has 0 aliphatic carbocycles. The normalized spacial score (nSPS) is 13.2. The van der Waals surface area contributed by atoms with Crippen LogP contribution in [0.3, 0.4) is 0 Å². The average Bonchev–Trinajstić information content (AvgIpc) is 2.93. The Labute approximate surface area is 119 Å². The largest absolute Gasteiger partial charge is 0.492 e. The van der Waals surface area contributed by atoms with Crippen molar-refractivity contribution in [2.75, 3.05) is 6.61 Å². The number of ether oxygens (including phenoxy) is 1. The van der Waals surface area contributed by atoms with Crippen molar-refractivity contribution in [1.29, 1.82) is 0 Å². The minimum absolute atomic E-state index is 0.0474. The Hall–Kier alpha value is -1.55. The monoisotopic (exact) mass is 320 g/mol. The zero-order chi connectivity index (χ0) is 13.6. The molecule has 0 unspecified atom stereocenters. The maximum atomic E-state index is 12.6. The number of hydrogen-bond acceptors (Lipinski definition) is 3. The van der Waals surface area contributed by atoms with Gasteiger partial charge >= 0.3 is 0 Å². The van der Waals surface area contributed by atoms with Gasteiger partial charge in [-0.15, -0.1) is 0 Å². The Morgan fingerprint density at radius 3 is 2.68 bits per heavy atom. The van der Waals surface area contributed by atoms with Gasteiger partial charge in [-0.1, -0.05) is 15.9 Å². The van der Waals surface area contributed by atoms with Crippen molar-refractivity contribution < 1.29 is 13.9 Å². The van der Waals surface area contributed by atoms with Crippen molar-refractivity contribution in [3.63, 3.8) is 0 Å². The number of benzene rings is 1. The van der Waals surface area contributed by atoms with Gasteiger partial charge in [0.15, 0.2) is 5.78 Å². The molecule has 0 bridgehead atoms. The van der Waals surface area contributed by atoms with Gasteiger partial charge in [0.25, 0.3) is 0 Å². The lowest BCUT2D eigenvalue weighted by molar-refractivity contribution is 0.103. The van der Waals surface area contributed by atoms with Crippen molar-refractivity contribution in [1.82, 2.24) is 0 Å². The standard InChI is InChI=1S/C15H13BrO3/c1-8-5-12(9(2)19-8)14(17)13-7-11(16)6-10-3-4-18-15(10)13/h5-7H,3-4H2,1-2H3. The van der Waals surface area contributed by atoms with E-state index in [9.17, 15) is 4.79 Å². The molecule has 4 heteroatoms. The third-order valence-electron chi connectivity index (χ3n) is 3.28. The Morgan fingerprint density at radius 1 is 1.21 bits per heavy atom. The zero-order valence-corrected chi connectivity index (χ0v) is 12.3. The van der Waals surface area contributed by atoms with E-state index in [4.69, 9.17) is 9.15 Å². The molecule has 2 heterocycles. The summed E-state index contributed by atoms with van der Waals surface area (Å²) in [6, 6.07) is 5.60. The molecule has 0 atom stereocenters. The zero-order valence-electron chi connectivity index (χ0n) is 10.7. The molecule has 2 aromatic rings. The lowest BCUT2D eigenvalue weighted by Gasteiger charge is -2.07. The highest BCUT2D eigenvalue weighted by atomic mass is 79.9. The van der Waals surface area contributed by atoms with Crippen molar-refractivity contribution in [3.8, 4) is 5.75 Å². The van der Waals surface area contributed by atoms with Crippen LogP contribution >= 0.6 is 15.9 Å². The molecular formula is C15H13BrO3. The van der Waals surface area contributed by atoms with E-state index in [1.807, 2.05) is 19.1 Å². The van der Waals surface area contributed by atoms with Gasteiger partial charge in [0.05, 0.1) is 17.7 Å². The van der Waals surface area contributed by atoms with E-state index in [1.165, 1.54) is 0 Å². The molecule has 0 saturated heterocycles. The van der Waals surface area contributed by atoms with Crippen LogP contribution in [0, 0.1) is 13.8 Å². The van der Waals surface area contributed by atoms with Crippen LogP contribution in [0.2, 0.25) is 0 Å². The molecule has 0 radical (unpaired) electrons. The highest BCUT2D eigenvalue weighted by Crippen LogP contribution is 2.35. The highest BCUT2D eigenvalue weighted by Gasteiger charge is 2.24. The fourth-order valence-corrected chi connectivity index (χ4v) is 2.94. The van der Waals surface area contributed by atoms with Crippen LogP contribution in [0.1, 0.15) is 33.0 Å². The summed E-state index contributed by atoms with van der Waals surface area (Å²) in [6.07, 6.45) is 0.846. The Bertz CT molecular complexity index is 670. The molecule has 0 saturated carbocycles. The van der Waals surface area contributed by atoms with Crippen LogP contribution in [-0.4, -0.2) is 12.4 Å². The number of furan rings is 1. The molecule has 3 nitrogen and oxygen atoms in total. The van der Waals surface area contributed by atoms with Gasteiger partial charge in [-0.2, -0.15) is 0 Å². The molecule has 0 amide bonds. The summed E-state index contributed by atoms with van der Waals surface area (Å²) in [4.78, 5) is 12.6. The van der Waals surface area contributed by atoms with Gasteiger partial charge in [0.2, 0.25) is 0 Å². The summed E-state index contributed by atoms with van der Waals surface area (Å²) in [7, 11) is 0. The van der Waals surface area contributed by atoms with Gasteiger partial charge in [-0.3, -0.25) is 4.79 Å². The first-order chi connectivity index (χ1) is 9.06. The quantitative estimate of drug-likeness (QED) is 0.789. The fraction of sp³-hybridized carbons (Fsp3) is 0.267. The maximum Gasteiger partial charge on any atom is 0.200 e. The summed E-state index contributed by atoms with van der Waals surface area (Å²) in [5.41, 5.74) is 2.29. The second-order valence-electron chi connectivity index (χ2n) is 4.70. The maximum absolute atomic E-state index is 12.6. The number of fused-ring (bicyclic) bond motifs is 1. The molecule has 1 aliphatic rings. The van der Waals surface area contributed by atoms with Crippen LogP contribution in [-0.2, 0) is 6.42 Å². The molecule has 0 fully saturated rings. The van der Waals surface area contributed by atoms with E-state index in [0.29, 0.717) is 29.2 Å². The SMILES string of the molecule is Cc1cc(C(=O)c2cc(Br)cc3c2OCC3)c(C)o1. The van der Waals surface area contributed by atoms with Crippen molar-refractivity contribution >= 4 is 21.7 Å². The highest BCUT2D eigenvalue weighted by molar-refractivity contribution is 9.10. The second-order valence-corrected chi connectivity index (χ2v) is 5.61. The summed E-state index contributed by atoms with van der Waals surface area (Å²) in [5, 5.41) is 0. The number of carbonyl (C=O) groups excluding carboxylic acids is 1. The first kappa shape index (κ1) is 12.5. The van der Waals surface area contributed by atoms with E-state index in [0.717, 1.165) is 22.2 Å². The number of halogens is 1. The first-order valence-electron chi connectivity index (χ1n) is 6.13. The molecule has 19 heavy (non-hydrogen) atoms. The van der Waals surface area contributed by atoms with E-state index < -0.39 is 0 Å². The third kappa shape index (κ3) is 2.10. The first-order valence-corrected chi connectivity index (χ1v) is 6.92. The molecule has 0 spiro atoms. The molecule has 3 rings (SSSR count). The summed E-state index contributed by atoms with van der Waals surface area (Å²) in [5.74, 6) is 2.06. The Balaban J connectivity index is 2.12. The van der Waals surface area contributed by atoms with Crippen molar-refractivity contribution in [2.24, 2.45) is 0 Å². The van der Waals surface area contributed by atoms with Crippen LogP contribution in [0.15, 0.2) is 27.1 Å². The lowest BCUT2D eigenvalue weighted by Crippen LogP contribution is -2.04. The molecule has 1 aromatic heterocycles. The van der Waals surface area contributed by atoms with E-state index >= 15 is 0 Å². The Kier molecular flexibility index (Phi) is 2.97. The van der Waals surface area contributed by atoms with Crippen LogP contribution in [0.4, 0.5) is 0 Å². The number of aryl methyl sites for hydroxylation is 2. The topological polar surface area (TPSA) is 39.4 Å².